The first-order chi connectivity index (χ1) is 6.47. The number of halogens is 1. The maximum atomic E-state index is 12.7. The van der Waals surface area contributed by atoms with E-state index in [0.717, 1.165) is 5.56 Å². The predicted molar refractivity (Wildman–Crippen MR) is 55.7 cm³/mol. The van der Waals surface area contributed by atoms with Crippen LogP contribution in [0.15, 0.2) is 24.3 Å². The summed E-state index contributed by atoms with van der Waals surface area (Å²) in [5, 5.41) is 9.21. The molecule has 1 N–H and O–H groups in total. The van der Waals surface area contributed by atoms with E-state index in [1.807, 2.05) is 20.8 Å². The first kappa shape index (κ1) is 11.2. The zero-order valence-corrected chi connectivity index (χ0v) is 8.92. The highest BCUT2D eigenvalue weighted by Gasteiger charge is 2.25. The maximum Gasteiger partial charge on any atom is 0.123 e. The van der Waals surface area contributed by atoms with Crippen molar-refractivity contribution in [3.63, 3.8) is 0 Å². The highest BCUT2D eigenvalue weighted by Crippen LogP contribution is 2.34. The smallest absolute Gasteiger partial charge is 0.123 e. The van der Waals surface area contributed by atoms with Crippen LogP contribution in [0.5, 0.6) is 0 Å². The summed E-state index contributed by atoms with van der Waals surface area (Å²) in [7, 11) is 0. The lowest BCUT2D eigenvalue weighted by Crippen LogP contribution is -2.24. The van der Waals surface area contributed by atoms with Crippen molar-refractivity contribution in [2.24, 2.45) is 5.41 Å². The van der Waals surface area contributed by atoms with E-state index in [2.05, 4.69) is 0 Å². The summed E-state index contributed by atoms with van der Waals surface area (Å²) in [6, 6.07) is 6.47. The third-order valence-corrected chi connectivity index (χ3v) is 2.95. The fourth-order valence-electron chi connectivity index (χ4n) is 1.34. The molecule has 0 heterocycles. The second-order valence-corrected chi connectivity index (χ2v) is 4.42. The Labute approximate surface area is 84.6 Å². The van der Waals surface area contributed by atoms with E-state index in [9.17, 15) is 9.50 Å². The Hall–Kier alpha value is -0.890. The van der Waals surface area contributed by atoms with Crippen LogP contribution >= 0.6 is 0 Å². The highest BCUT2D eigenvalue weighted by atomic mass is 19.1. The minimum Gasteiger partial charge on any atom is -0.396 e. The Morgan fingerprint density at radius 3 is 2.21 bits per heavy atom. The Kier molecular flexibility index (Phi) is 3.27. The standard InChI is InChI=1S/C12H17FO/c1-9(12(2,3)8-14)10-4-6-11(13)7-5-10/h4-7,9,14H,8H2,1-3H3. The van der Waals surface area contributed by atoms with Crippen molar-refractivity contribution in [1.29, 1.82) is 0 Å². The van der Waals surface area contributed by atoms with E-state index in [-0.39, 0.29) is 23.8 Å². The Bertz CT molecular complexity index is 290. The second-order valence-electron chi connectivity index (χ2n) is 4.42. The molecular weight excluding hydrogens is 179 g/mol. The molecule has 2 heteroatoms. The van der Waals surface area contributed by atoms with Crippen LogP contribution in [0.2, 0.25) is 0 Å². The lowest BCUT2D eigenvalue weighted by molar-refractivity contribution is 0.136. The molecule has 1 aromatic carbocycles. The van der Waals surface area contributed by atoms with Gasteiger partial charge in [0.1, 0.15) is 5.82 Å². The molecule has 0 aliphatic heterocycles. The monoisotopic (exact) mass is 196 g/mol. The molecule has 0 radical (unpaired) electrons. The summed E-state index contributed by atoms with van der Waals surface area (Å²) in [6.07, 6.45) is 0. The summed E-state index contributed by atoms with van der Waals surface area (Å²) in [5.41, 5.74) is 0.892. The van der Waals surface area contributed by atoms with Crippen molar-refractivity contribution in [3.8, 4) is 0 Å². The van der Waals surface area contributed by atoms with Crippen LogP contribution in [0, 0.1) is 11.2 Å². The maximum absolute atomic E-state index is 12.7. The quantitative estimate of drug-likeness (QED) is 0.788. The number of hydrogen-bond acceptors (Lipinski definition) is 1. The minimum atomic E-state index is -0.220. The summed E-state index contributed by atoms with van der Waals surface area (Å²) in [4.78, 5) is 0. The Morgan fingerprint density at radius 1 is 1.29 bits per heavy atom. The van der Waals surface area contributed by atoms with Crippen LogP contribution in [0.25, 0.3) is 0 Å². The van der Waals surface area contributed by atoms with Crippen LogP contribution in [-0.4, -0.2) is 11.7 Å². The van der Waals surface area contributed by atoms with Gasteiger partial charge in [0.2, 0.25) is 0 Å². The fourth-order valence-corrected chi connectivity index (χ4v) is 1.34. The number of benzene rings is 1. The molecule has 0 aliphatic rings. The Morgan fingerprint density at radius 2 is 1.79 bits per heavy atom. The zero-order chi connectivity index (χ0) is 10.8. The molecule has 0 aromatic heterocycles. The van der Waals surface area contributed by atoms with Gasteiger partial charge in [-0.15, -0.1) is 0 Å². The average Bonchev–Trinajstić information content (AvgIpc) is 2.18. The lowest BCUT2D eigenvalue weighted by atomic mass is 9.77. The van der Waals surface area contributed by atoms with Crippen molar-refractivity contribution in [2.75, 3.05) is 6.61 Å². The Balaban J connectivity index is 2.89. The first-order valence-corrected chi connectivity index (χ1v) is 4.83. The third-order valence-electron chi connectivity index (χ3n) is 2.95. The van der Waals surface area contributed by atoms with Gasteiger partial charge in [0.15, 0.2) is 0 Å². The minimum absolute atomic E-state index is 0.130. The molecule has 78 valence electrons. The van der Waals surface area contributed by atoms with Crippen molar-refractivity contribution in [1.82, 2.24) is 0 Å². The number of aliphatic hydroxyl groups is 1. The SMILES string of the molecule is CC(c1ccc(F)cc1)C(C)(C)CO. The molecule has 1 atom stereocenters. The van der Waals surface area contributed by atoms with Gasteiger partial charge in [-0.3, -0.25) is 0 Å². The van der Waals surface area contributed by atoms with Gasteiger partial charge in [0, 0.05) is 6.61 Å². The van der Waals surface area contributed by atoms with Gasteiger partial charge in [-0.2, -0.15) is 0 Å². The van der Waals surface area contributed by atoms with Gasteiger partial charge >= 0.3 is 0 Å². The van der Waals surface area contributed by atoms with Gasteiger partial charge in [-0.05, 0) is 29.0 Å². The summed E-state index contributed by atoms with van der Waals surface area (Å²) < 4.78 is 12.7. The summed E-state index contributed by atoms with van der Waals surface area (Å²) >= 11 is 0. The molecule has 0 aliphatic carbocycles. The molecule has 14 heavy (non-hydrogen) atoms. The summed E-state index contributed by atoms with van der Waals surface area (Å²) in [5.74, 6) is -0.00384. The second kappa shape index (κ2) is 4.09. The normalized spacial score (nSPS) is 14.1. The van der Waals surface area contributed by atoms with E-state index in [0.29, 0.717) is 0 Å². The average molecular weight is 196 g/mol. The molecule has 1 unspecified atom stereocenters. The number of hydrogen-bond donors (Lipinski definition) is 1. The molecular formula is C12H17FO. The van der Waals surface area contributed by atoms with Crippen molar-refractivity contribution >= 4 is 0 Å². The number of aliphatic hydroxyl groups excluding tert-OH is 1. The fraction of sp³-hybridized carbons (Fsp3) is 0.500. The van der Waals surface area contributed by atoms with Crippen LogP contribution < -0.4 is 0 Å². The molecule has 0 bridgehead atoms. The van der Waals surface area contributed by atoms with Gasteiger partial charge in [0.25, 0.3) is 0 Å². The molecule has 1 nitrogen and oxygen atoms in total. The van der Waals surface area contributed by atoms with E-state index >= 15 is 0 Å². The zero-order valence-electron chi connectivity index (χ0n) is 8.92. The van der Waals surface area contributed by atoms with Crippen LogP contribution in [0.3, 0.4) is 0 Å². The molecule has 0 saturated heterocycles. The van der Waals surface area contributed by atoms with E-state index in [4.69, 9.17) is 0 Å². The van der Waals surface area contributed by atoms with E-state index < -0.39 is 0 Å². The topological polar surface area (TPSA) is 20.2 Å². The molecule has 0 saturated carbocycles. The number of rotatable bonds is 3. The molecule has 1 aromatic rings. The van der Waals surface area contributed by atoms with E-state index in [1.165, 1.54) is 12.1 Å². The van der Waals surface area contributed by atoms with Gasteiger partial charge in [0.05, 0.1) is 0 Å². The predicted octanol–water partition coefficient (Wildman–Crippen LogP) is 2.95. The van der Waals surface area contributed by atoms with Gasteiger partial charge < -0.3 is 5.11 Å². The van der Waals surface area contributed by atoms with Gasteiger partial charge in [-0.1, -0.05) is 32.9 Å². The summed E-state index contributed by atoms with van der Waals surface area (Å²) in [6.45, 7) is 6.18. The van der Waals surface area contributed by atoms with Crippen LogP contribution in [0.1, 0.15) is 32.3 Å². The molecule has 0 amide bonds. The lowest BCUT2D eigenvalue weighted by Gasteiger charge is -2.29. The van der Waals surface area contributed by atoms with Crippen LogP contribution in [0.4, 0.5) is 4.39 Å². The van der Waals surface area contributed by atoms with Crippen molar-refractivity contribution < 1.29 is 9.50 Å². The third kappa shape index (κ3) is 2.32. The largest absolute Gasteiger partial charge is 0.396 e. The van der Waals surface area contributed by atoms with E-state index in [1.54, 1.807) is 12.1 Å². The molecule has 0 fully saturated rings. The van der Waals surface area contributed by atoms with Crippen molar-refractivity contribution in [2.45, 2.75) is 26.7 Å². The van der Waals surface area contributed by atoms with Crippen molar-refractivity contribution in [3.05, 3.63) is 35.6 Å². The molecule has 1 rings (SSSR count). The molecule has 0 spiro atoms. The highest BCUT2D eigenvalue weighted by molar-refractivity contribution is 5.21. The first-order valence-electron chi connectivity index (χ1n) is 4.83. The van der Waals surface area contributed by atoms with Gasteiger partial charge in [-0.25, -0.2) is 4.39 Å². The van der Waals surface area contributed by atoms with Crippen LogP contribution in [-0.2, 0) is 0 Å².